The van der Waals surface area contributed by atoms with Crippen LogP contribution in [0.4, 0.5) is 5.69 Å². The standard InChI is InChI=1S/C26H34N2O5/c1-4-15-33-26-22-17-27(5-2)25(30)13-14-28(23(22)11-12-24(26)31-3)16-21(29)19-32-18-20-9-7-6-8-10-20/h4,6-12,21,29H,1,5,13-19H2,2-3H3/t21-/m1/s1. The van der Waals surface area contributed by atoms with Crippen molar-refractivity contribution in [3.8, 4) is 11.5 Å². The molecule has 1 aliphatic rings. The van der Waals surface area contributed by atoms with Gasteiger partial charge in [0.25, 0.3) is 0 Å². The summed E-state index contributed by atoms with van der Waals surface area (Å²) in [5, 5.41) is 10.7. The maximum absolute atomic E-state index is 12.8. The summed E-state index contributed by atoms with van der Waals surface area (Å²) >= 11 is 0. The molecule has 0 saturated carbocycles. The van der Waals surface area contributed by atoms with Gasteiger partial charge in [-0.15, -0.1) is 0 Å². The number of β-amino-alcohol motifs (C(OH)–C–C–N with tert-alkyl or cyclic N) is 1. The summed E-state index contributed by atoms with van der Waals surface area (Å²) in [7, 11) is 1.60. The first-order chi connectivity index (χ1) is 16.1. The molecule has 178 valence electrons. The molecular weight excluding hydrogens is 420 g/mol. The van der Waals surface area contributed by atoms with Crippen LogP contribution in [0.25, 0.3) is 0 Å². The molecule has 1 atom stereocenters. The van der Waals surface area contributed by atoms with Crippen LogP contribution in [0.1, 0.15) is 24.5 Å². The SMILES string of the molecule is C=CCOc1c(OC)ccc2c1CN(CC)C(=O)CCN2C[C@@H](O)COCc1ccccc1. The second-order valence-corrected chi connectivity index (χ2v) is 7.95. The molecule has 0 bridgehead atoms. The van der Waals surface area contributed by atoms with Gasteiger partial charge in [-0.1, -0.05) is 43.0 Å². The minimum atomic E-state index is -0.710. The summed E-state index contributed by atoms with van der Waals surface area (Å²) in [6, 6.07) is 13.7. The Labute approximate surface area is 196 Å². The lowest BCUT2D eigenvalue weighted by atomic mass is 10.1. The maximum atomic E-state index is 12.8. The molecule has 0 radical (unpaired) electrons. The summed E-state index contributed by atoms with van der Waals surface area (Å²) in [6.45, 7) is 8.51. The molecule has 0 saturated heterocycles. The van der Waals surface area contributed by atoms with E-state index in [1.165, 1.54) is 0 Å². The van der Waals surface area contributed by atoms with Gasteiger partial charge in [-0.2, -0.15) is 0 Å². The summed E-state index contributed by atoms with van der Waals surface area (Å²) in [6.07, 6.45) is 1.34. The Morgan fingerprint density at radius 3 is 2.67 bits per heavy atom. The zero-order valence-electron chi connectivity index (χ0n) is 19.5. The zero-order valence-corrected chi connectivity index (χ0v) is 19.5. The maximum Gasteiger partial charge on any atom is 0.224 e. The third-order valence-electron chi connectivity index (χ3n) is 5.64. The number of aliphatic hydroxyl groups is 1. The number of hydrogen-bond acceptors (Lipinski definition) is 6. The first kappa shape index (κ1) is 24.6. The van der Waals surface area contributed by atoms with Crippen LogP contribution in [0.15, 0.2) is 55.1 Å². The smallest absolute Gasteiger partial charge is 0.224 e. The molecule has 0 unspecified atom stereocenters. The molecule has 7 heteroatoms. The number of ether oxygens (including phenoxy) is 3. The number of benzene rings is 2. The van der Waals surface area contributed by atoms with Gasteiger partial charge in [0.2, 0.25) is 5.91 Å². The molecule has 3 rings (SSSR count). The average molecular weight is 455 g/mol. The van der Waals surface area contributed by atoms with E-state index in [1.54, 1.807) is 13.2 Å². The molecular formula is C26H34N2O5. The van der Waals surface area contributed by atoms with Crippen molar-refractivity contribution in [1.29, 1.82) is 0 Å². The van der Waals surface area contributed by atoms with Crippen molar-refractivity contribution in [3.05, 3.63) is 66.2 Å². The van der Waals surface area contributed by atoms with Crippen molar-refractivity contribution >= 4 is 11.6 Å². The minimum absolute atomic E-state index is 0.0699. The van der Waals surface area contributed by atoms with Crippen molar-refractivity contribution in [2.24, 2.45) is 0 Å². The van der Waals surface area contributed by atoms with Gasteiger partial charge < -0.3 is 29.1 Å². The van der Waals surface area contributed by atoms with E-state index in [0.717, 1.165) is 16.8 Å². The van der Waals surface area contributed by atoms with Gasteiger partial charge in [0.1, 0.15) is 6.61 Å². The Kier molecular flexibility index (Phi) is 9.15. The lowest BCUT2D eigenvalue weighted by Crippen LogP contribution is -2.41. The van der Waals surface area contributed by atoms with Gasteiger partial charge in [0.15, 0.2) is 11.5 Å². The van der Waals surface area contributed by atoms with Gasteiger partial charge >= 0.3 is 0 Å². The Morgan fingerprint density at radius 2 is 1.97 bits per heavy atom. The van der Waals surface area contributed by atoms with E-state index >= 15 is 0 Å². The molecule has 1 heterocycles. The van der Waals surface area contributed by atoms with Crippen LogP contribution in [-0.2, 0) is 22.7 Å². The number of methoxy groups -OCH3 is 1. The molecule has 1 N–H and O–H groups in total. The third-order valence-corrected chi connectivity index (χ3v) is 5.64. The van der Waals surface area contributed by atoms with Crippen LogP contribution in [0.2, 0.25) is 0 Å². The van der Waals surface area contributed by atoms with Gasteiger partial charge in [0, 0.05) is 37.3 Å². The highest BCUT2D eigenvalue weighted by Crippen LogP contribution is 2.40. The van der Waals surface area contributed by atoms with E-state index in [-0.39, 0.29) is 12.5 Å². The highest BCUT2D eigenvalue weighted by molar-refractivity contribution is 5.79. The van der Waals surface area contributed by atoms with Gasteiger partial charge in [-0.3, -0.25) is 4.79 Å². The quantitative estimate of drug-likeness (QED) is 0.525. The van der Waals surface area contributed by atoms with Gasteiger partial charge in [-0.25, -0.2) is 0 Å². The van der Waals surface area contributed by atoms with Crippen LogP contribution in [0.5, 0.6) is 11.5 Å². The molecule has 0 aromatic heterocycles. The summed E-state index contributed by atoms with van der Waals surface area (Å²) in [5.41, 5.74) is 2.84. The van der Waals surface area contributed by atoms with Crippen molar-refractivity contribution in [1.82, 2.24) is 4.90 Å². The van der Waals surface area contributed by atoms with Crippen molar-refractivity contribution in [3.63, 3.8) is 0 Å². The Hall–Kier alpha value is -3.03. The molecule has 0 aliphatic carbocycles. The zero-order chi connectivity index (χ0) is 23.6. The first-order valence-corrected chi connectivity index (χ1v) is 11.3. The highest BCUT2D eigenvalue weighted by Gasteiger charge is 2.27. The van der Waals surface area contributed by atoms with Crippen LogP contribution < -0.4 is 14.4 Å². The fourth-order valence-electron chi connectivity index (χ4n) is 3.97. The number of rotatable bonds is 11. The Balaban J connectivity index is 1.81. The fraction of sp³-hybridized carbons (Fsp3) is 0.423. The number of carbonyl (C=O) groups is 1. The van der Waals surface area contributed by atoms with E-state index in [9.17, 15) is 9.90 Å². The van der Waals surface area contributed by atoms with Crippen molar-refractivity contribution in [2.45, 2.75) is 32.6 Å². The van der Waals surface area contributed by atoms with Crippen LogP contribution in [-0.4, -0.2) is 62.0 Å². The van der Waals surface area contributed by atoms with Gasteiger partial charge in [-0.05, 0) is 24.6 Å². The predicted molar refractivity (Wildman–Crippen MR) is 129 cm³/mol. The summed E-state index contributed by atoms with van der Waals surface area (Å²) in [5.74, 6) is 1.27. The average Bonchev–Trinajstić information content (AvgIpc) is 2.83. The molecule has 0 fully saturated rings. The van der Waals surface area contributed by atoms with E-state index in [2.05, 4.69) is 6.58 Å². The fourth-order valence-corrected chi connectivity index (χ4v) is 3.97. The Bertz CT molecular complexity index is 918. The monoisotopic (exact) mass is 454 g/mol. The minimum Gasteiger partial charge on any atom is -0.493 e. The molecule has 33 heavy (non-hydrogen) atoms. The van der Waals surface area contributed by atoms with Crippen LogP contribution in [0.3, 0.4) is 0 Å². The highest BCUT2D eigenvalue weighted by atomic mass is 16.5. The molecule has 1 aliphatic heterocycles. The number of aliphatic hydroxyl groups excluding tert-OH is 1. The normalized spacial score (nSPS) is 14.8. The number of nitrogens with zero attached hydrogens (tertiary/aromatic N) is 2. The predicted octanol–water partition coefficient (Wildman–Crippen LogP) is 3.40. The van der Waals surface area contributed by atoms with E-state index in [0.29, 0.717) is 57.3 Å². The van der Waals surface area contributed by atoms with E-state index in [4.69, 9.17) is 14.2 Å². The molecule has 0 spiro atoms. The van der Waals surface area contributed by atoms with Gasteiger partial charge in [0.05, 0.1) is 33.0 Å². The second-order valence-electron chi connectivity index (χ2n) is 7.95. The second kappa shape index (κ2) is 12.3. The molecule has 1 amide bonds. The van der Waals surface area contributed by atoms with E-state index < -0.39 is 6.10 Å². The number of hydrogen-bond donors (Lipinski definition) is 1. The largest absolute Gasteiger partial charge is 0.493 e. The van der Waals surface area contributed by atoms with E-state index in [1.807, 2.05) is 59.2 Å². The Morgan fingerprint density at radius 1 is 1.18 bits per heavy atom. The number of carbonyl (C=O) groups excluding carboxylic acids is 1. The van der Waals surface area contributed by atoms with Crippen LogP contribution >= 0.6 is 0 Å². The number of fused-ring (bicyclic) bond motifs is 1. The van der Waals surface area contributed by atoms with Crippen LogP contribution in [0, 0.1) is 0 Å². The summed E-state index contributed by atoms with van der Waals surface area (Å²) < 4.78 is 17.2. The van der Waals surface area contributed by atoms with Crippen molar-refractivity contribution < 1.29 is 24.1 Å². The number of anilines is 1. The topological polar surface area (TPSA) is 71.5 Å². The lowest BCUT2D eigenvalue weighted by molar-refractivity contribution is -0.131. The number of amides is 1. The third kappa shape index (κ3) is 6.49. The molecule has 7 nitrogen and oxygen atoms in total. The molecule has 2 aromatic carbocycles. The van der Waals surface area contributed by atoms with Crippen molar-refractivity contribution in [2.75, 3.05) is 44.9 Å². The first-order valence-electron chi connectivity index (χ1n) is 11.3. The lowest BCUT2D eigenvalue weighted by Gasteiger charge is -2.35. The molecule has 2 aromatic rings. The summed E-state index contributed by atoms with van der Waals surface area (Å²) in [4.78, 5) is 16.6.